The summed E-state index contributed by atoms with van der Waals surface area (Å²) < 4.78 is 16.1. The largest absolute Gasteiger partial charge is 0.496 e. The second-order valence-corrected chi connectivity index (χ2v) is 6.39. The zero-order chi connectivity index (χ0) is 20.8. The van der Waals surface area contributed by atoms with Crippen molar-refractivity contribution in [2.24, 2.45) is 0 Å². The van der Waals surface area contributed by atoms with Crippen molar-refractivity contribution in [1.29, 1.82) is 0 Å². The Morgan fingerprint density at radius 1 is 1.14 bits per heavy atom. The number of benzene rings is 2. The quantitative estimate of drug-likeness (QED) is 0.540. The molecular weight excluding hydrogens is 370 g/mol. The minimum Gasteiger partial charge on any atom is -0.496 e. The van der Waals surface area contributed by atoms with Gasteiger partial charge in [0.25, 0.3) is 5.91 Å². The van der Waals surface area contributed by atoms with Gasteiger partial charge in [-0.15, -0.1) is 6.58 Å². The second kappa shape index (κ2) is 9.05. The zero-order valence-corrected chi connectivity index (χ0v) is 16.7. The normalized spacial score (nSPS) is 10.4. The van der Waals surface area contributed by atoms with E-state index < -0.39 is 0 Å². The van der Waals surface area contributed by atoms with Crippen LogP contribution < -0.4 is 9.47 Å². The Bertz CT molecular complexity index is 973. The molecule has 7 heteroatoms. The summed E-state index contributed by atoms with van der Waals surface area (Å²) in [4.78, 5) is 19.2. The van der Waals surface area contributed by atoms with Crippen LogP contribution in [0.15, 0.2) is 59.6 Å². The monoisotopic (exact) mass is 393 g/mol. The van der Waals surface area contributed by atoms with E-state index in [4.69, 9.17) is 14.0 Å². The van der Waals surface area contributed by atoms with E-state index in [2.05, 4.69) is 16.7 Å². The number of hydrogen-bond donors (Lipinski definition) is 0. The third-order valence-corrected chi connectivity index (χ3v) is 4.38. The van der Waals surface area contributed by atoms with E-state index in [1.165, 1.54) is 14.2 Å². The standard InChI is InChI=1S/C22H23N3O4/c1-5-13-25(22(26)20-17(27-3)7-6-8-18(20)28-4)14-19-23-21(24-29-19)16-11-9-15(2)10-12-16/h5-12H,1,13-14H2,2-4H3. The molecule has 0 atom stereocenters. The van der Waals surface area contributed by atoms with Crippen molar-refractivity contribution in [3.63, 3.8) is 0 Å². The molecule has 0 fully saturated rings. The third kappa shape index (κ3) is 4.45. The van der Waals surface area contributed by atoms with E-state index >= 15 is 0 Å². The summed E-state index contributed by atoms with van der Waals surface area (Å²) in [5, 5.41) is 4.03. The highest BCUT2D eigenvalue weighted by molar-refractivity contribution is 5.99. The predicted molar refractivity (Wildman–Crippen MR) is 109 cm³/mol. The molecule has 1 aromatic heterocycles. The van der Waals surface area contributed by atoms with Gasteiger partial charge in [0.15, 0.2) is 0 Å². The van der Waals surface area contributed by atoms with Gasteiger partial charge in [-0.25, -0.2) is 0 Å². The average Bonchev–Trinajstić information content (AvgIpc) is 3.21. The lowest BCUT2D eigenvalue weighted by molar-refractivity contribution is 0.0738. The molecule has 0 spiro atoms. The van der Waals surface area contributed by atoms with Crippen LogP contribution in [-0.4, -0.2) is 41.7 Å². The number of amides is 1. The van der Waals surface area contributed by atoms with Crippen LogP contribution in [0.2, 0.25) is 0 Å². The summed E-state index contributed by atoms with van der Waals surface area (Å²) in [6.45, 7) is 6.18. The molecule has 3 aromatic rings. The Morgan fingerprint density at radius 3 is 2.38 bits per heavy atom. The molecule has 0 aliphatic carbocycles. The van der Waals surface area contributed by atoms with Crippen LogP contribution in [0, 0.1) is 6.92 Å². The van der Waals surface area contributed by atoms with Gasteiger partial charge in [0.2, 0.25) is 11.7 Å². The van der Waals surface area contributed by atoms with Gasteiger partial charge in [-0.3, -0.25) is 4.79 Å². The van der Waals surface area contributed by atoms with Gasteiger partial charge in [0.1, 0.15) is 23.6 Å². The van der Waals surface area contributed by atoms with Crippen LogP contribution in [0.1, 0.15) is 21.8 Å². The minimum atomic E-state index is -0.283. The maximum absolute atomic E-state index is 13.2. The topological polar surface area (TPSA) is 77.7 Å². The van der Waals surface area contributed by atoms with Crippen molar-refractivity contribution < 1.29 is 18.8 Å². The van der Waals surface area contributed by atoms with Crippen molar-refractivity contribution in [2.45, 2.75) is 13.5 Å². The molecule has 0 N–H and O–H groups in total. The van der Waals surface area contributed by atoms with E-state index in [0.29, 0.717) is 35.3 Å². The summed E-state index contributed by atoms with van der Waals surface area (Å²) in [6, 6.07) is 13.0. The van der Waals surface area contributed by atoms with Crippen LogP contribution in [0.3, 0.4) is 0 Å². The molecule has 1 heterocycles. The van der Waals surface area contributed by atoms with Crippen molar-refractivity contribution >= 4 is 5.91 Å². The smallest absolute Gasteiger partial charge is 0.262 e. The van der Waals surface area contributed by atoms with Gasteiger partial charge in [-0.05, 0) is 19.1 Å². The van der Waals surface area contributed by atoms with Gasteiger partial charge < -0.3 is 18.9 Å². The Morgan fingerprint density at radius 2 is 1.79 bits per heavy atom. The molecule has 7 nitrogen and oxygen atoms in total. The summed E-state index contributed by atoms with van der Waals surface area (Å²) in [5.41, 5.74) is 2.32. The molecular formula is C22H23N3O4. The molecule has 150 valence electrons. The Kier molecular flexibility index (Phi) is 6.29. The number of methoxy groups -OCH3 is 2. The Labute approximate surface area is 169 Å². The summed E-state index contributed by atoms with van der Waals surface area (Å²) in [7, 11) is 3.02. The van der Waals surface area contributed by atoms with Gasteiger partial charge in [0, 0.05) is 12.1 Å². The first kappa shape index (κ1) is 20.1. The fraction of sp³-hybridized carbons (Fsp3) is 0.227. The minimum absolute atomic E-state index is 0.130. The lowest BCUT2D eigenvalue weighted by Gasteiger charge is -2.21. The summed E-state index contributed by atoms with van der Waals surface area (Å²) in [6.07, 6.45) is 1.64. The highest BCUT2D eigenvalue weighted by Crippen LogP contribution is 2.30. The molecule has 0 aliphatic rings. The van der Waals surface area contributed by atoms with Crippen LogP contribution in [0.5, 0.6) is 11.5 Å². The molecule has 2 aromatic carbocycles. The number of aromatic nitrogens is 2. The number of aryl methyl sites for hydroxylation is 1. The third-order valence-electron chi connectivity index (χ3n) is 4.38. The van der Waals surface area contributed by atoms with Gasteiger partial charge in [-0.1, -0.05) is 47.1 Å². The van der Waals surface area contributed by atoms with E-state index in [-0.39, 0.29) is 12.5 Å². The predicted octanol–water partition coefficient (Wildman–Crippen LogP) is 3.89. The summed E-state index contributed by atoms with van der Waals surface area (Å²) >= 11 is 0. The van der Waals surface area contributed by atoms with Crippen LogP contribution in [-0.2, 0) is 6.54 Å². The second-order valence-electron chi connectivity index (χ2n) is 6.39. The van der Waals surface area contributed by atoms with Gasteiger partial charge >= 0.3 is 0 Å². The first-order chi connectivity index (χ1) is 14.1. The fourth-order valence-electron chi connectivity index (χ4n) is 2.90. The molecule has 0 saturated heterocycles. The Balaban J connectivity index is 1.87. The average molecular weight is 393 g/mol. The molecule has 0 aliphatic heterocycles. The number of rotatable bonds is 8. The molecule has 3 rings (SSSR count). The van der Waals surface area contributed by atoms with Crippen molar-refractivity contribution in [3.8, 4) is 22.9 Å². The van der Waals surface area contributed by atoms with Crippen LogP contribution in [0.25, 0.3) is 11.4 Å². The lowest BCUT2D eigenvalue weighted by Crippen LogP contribution is -2.31. The van der Waals surface area contributed by atoms with E-state index in [9.17, 15) is 4.79 Å². The van der Waals surface area contributed by atoms with Crippen molar-refractivity contribution in [1.82, 2.24) is 15.0 Å². The molecule has 1 amide bonds. The lowest BCUT2D eigenvalue weighted by atomic mass is 10.1. The molecule has 29 heavy (non-hydrogen) atoms. The molecule has 0 unspecified atom stereocenters. The fourth-order valence-corrected chi connectivity index (χ4v) is 2.90. The van der Waals surface area contributed by atoms with Crippen LogP contribution in [0.4, 0.5) is 0 Å². The van der Waals surface area contributed by atoms with E-state index in [1.54, 1.807) is 29.2 Å². The zero-order valence-electron chi connectivity index (χ0n) is 16.7. The van der Waals surface area contributed by atoms with Crippen molar-refractivity contribution in [2.75, 3.05) is 20.8 Å². The van der Waals surface area contributed by atoms with Gasteiger partial charge in [-0.2, -0.15) is 4.98 Å². The highest BCUT2D eigenvalue weighted by Gasteiger charge is 2.25. The number of carbonyl (C=O) groups is 1. The highest BCUT2D eigenvalue weighted by atomic mass is 16.5. The SMILES string of the molecule is C=CCN(Cc1nc(-c2ccc(C)cc2)no1)C(=O)c1c(OC)cccc1OC. The van der Waals surface area contributed by atoms with Crippen molar-refractivity contribution in [3.05, 3.63) is 72.1 Å². The number of carbonyl (C=O) groups excluding carboxylic acids is 1. The molecule has 0 saturated carbocycles. The first-order valence-electron chi connectivity index (χ1n) is 9.08. The van der Waals surface area contributed by atoms with Crippen LogP contribution >= 0.6 is 0 Å². The van der Waals surface area contributed by atoms with Gasteiger partial charge in [0.05, 0.1) is 14.2 Å². The summed E-state index contributed by atoms with van der Waals surface area (Å²) in [5.74, 6) is 1.36. The van der Waals surface area contributed by atoms with E-state index in [1.807, 2.05) is 31.2 Å². The Hall–Kier alpha value is -3.61. The maximum Gasteiger partial charge on any atom is 0.262 e. The number of hydrogen-bond acceptors (Lipinski definition) is 6. The molecule has 0 radical (unpaired) electrons. The first-order valence-corrected chi connectivity index (χ1v) is 9.08. The number of nitrogens with zero attached hydrogens (tertiary/aromatic N) is 3. The van der Waals surface area contributed by atoms with E-state index in [0.717, 1.165) is 11.1 Å². The molecule has 0 bridgehead atoms. The number of ether oxygens (including phenoxy) is 2. The maximum atomic E-state index is 13.2.